The molecule has 0 radical (unpaired) electrons. The van der Waals surface area contributed by atoms with E-state index in [9.17, 15) is 9.90 Å². The normalized spacial score (nSPS) is 12.5. The van der Waals surface area contributed by atoms with Crippen LogP contribution in [0.4, 0.5) is 5.69 Å². The van der Waals surface area contributed by atoms with Crippen LogP contribution in [0.5, 0.6) is 5.75 Å². The van der Waals surface area contributed by atoms with Crippen molar-refractivity contribution in [2.45, 2.75) is 81.3 Å². The van der Waals surface area contributed by atoms with E-state index < -0.39 is 0 Å². The summed E-state index contributed by atoms with van der Waals surface area (Å²) in [7, 11) is 2.64. The lowest BCUT2D eigenvalue weighted by Gasteiger charge is -2.25. The van der Waals surface area contributed by atoms with Gasteiger partial charge < -0.3 is 24.6 Å². The zero-order valence-electron chi connectivity index (χ0n) is 23.6. The molecule has 0 aliphatic rings. The Morgan fingerprint density at radius 3 is 2.11 bits per heavy atom. The molecule has 0 atom stereocenters. The Bertz CT molecular complexity index is 875. The first-order valence-corrected chi connectivity index (χ1v) is 12.2. The van der Waals surface area contributed by atoms with Crippen molar-refractivity contribution in [1.82, 2.24) is 0 Å². The number of methoxy groups -OCH3 is 1. The molecule has 1 aromatic carbocycles. The van der Waals surface area contributed by atoms with E-state index in [1.807, 2.05) is 64.6 Å². The first-order valence-electron chi connectivity index (χ1n) is 12.2. The molecule has 1 aromatic rings. The molecule has 0 bridgehead atoms. The van der Waals surface area contributed by atoms with Crippen molar-refractivity contribution in [1.29, 1.82) is 0 Å². The Kier molecular flexibility index (Phi) is 18.9. The lowest BCUT2D eigenvalue weighted by Crippen LogP contribution is -2.16. The van der Waals surface area contributed by atoms with E-state index in [-0.39, 0.29) is 11.9 Å². The zero-order chi connectivity index (χ0) is 27.6. The molecule has 198 valence electrons. The molecule has 0 amide bonds. The van der Waals surface area contributed by atoms with Crippen molar-refractivity contribution in [3.05, 3.63) is 64.9 Å². The van der Waals surface area contributed by atoms with Crippen LogP contribution in [0.1, 0.15) is 80.7 Å². The van der Waals surface area contributed by atoms with Crippen LogP contribution in [0.25, 0.3) is 5.57 Å². The number of hydrogen-bond donors (Lipinski definition) is 2. The van der Waals surface area contributed by atoms with Crippen LogP contribution < -0.4 is 9.64 Å². The van der Waals surface area contributed by atoms with Gasteiger partial charge in [0.05, 0.1) is 13.2 Å². The number of aliphatic hydroxyl groups is 2. The standard InChI is InChI=1S/C26H37NO4.C2H6.CH4O/c1-9-19(5)15-24(21(7)31-18(3)4)25-16-23(11-12-26(25)30-8)27(17-20(6)29)22(10-2)13-14-28;2*1-2/h11-18,29H,9-10H2,1-8H3;1-2H3;2H,1H3/b19-15-,20-17+,22-13-,24-21-;;. The lowest BCUT2D eigenvalue weighted by molar-refractivity contribution is -0.104. The van der Waals surface area contributed by atoms with Crippen LogP contribution in [0.3, 0.4) is 0 Å². The molecule has 0 aromatic heterocycles. The summed E-state index contributed by atoms with van der Waals surface area (Å²) in [5.41, 5.74) is 4.60. The van der Waals surface area contributed by atoms with Gasteiger partial charge in [0.15, 0.2) is 0 Å². The van der Waals surface area contributed by atoms with Crippen molar-refractivity contribution in [2.24, 2.45) is 0 Å². The summed E-state index contributed by atoms with van der Waals surface area (Å²) in [5, 5.41) is 17.0. The second-order valence-corrected chi connectivity index (χ2v) is 7.65. The lowest BCUT2D eigenvalue weighted by atomic mass is 9.99. The number of carbonyl (C=O) groups is 1. The van der Waals surface area contributed by atoms with Gasteiger partial charge >= 0.3 is 0 Å². The minimum absolute atomic E-state index is 0.0400. The Morgan fingerprint density at radius 2 is 1.69 bits per heavy atom. The van der Waals surface area contributed by atoms with E-state index in [4.69, 9.17) is 14.6 Å². The van der Waals surface area contributed by atoms with E-state index in [1.165, 1.54) is 11.6 Å². The van der Waals surface area contributed by atoms with Gasteiger partial charge in [0, 0.05) is 35.8 Å². The molecule has 0 fully saturated rings. The number of hydrogen-bond acceptors (Lipinski definition) is 6. The molecule has 0 heterocycles. The second-order valence-electron chi connectivity index (χ2n) is 7.65. The third kappa shape index (κ3) is 11.8. The van der Waals surface area contributed by atoms with Crippen LogP contribution in [0.2, 0.25) is 0 Å². The third-order valence-electron chi connectivity index (χ3n) is 4.74. The highest BCUT2D eigenvalue weighted by Gasteiger charge is 2.17. The van der Waals surface area contributed by atoms with Crippen LogP contribution in [0, 0.1) is 0 Å². The van der Waals surface area contributed by atoms with Crippen LogP contribution in [0.15, 0.2) is 59.3 Å². The van der Waals surface area contributed by atoms with Gasteiger partial charge in [0.1, 0.15) is 23.6 Å². The summed E-state index contributed by atoms with van der Waals surface area (Å²) in [5.74, 6) is 1.66. The second kappa shape index (κ2) is 19.3. The summed E-state index contributed by atoms with van der Waals surface area (Å²) in [4.78, 5) is 13.0. The van der Waals surface area contributed by atoms with Gasteiger partial charge in [-0.3, -0.25) is 4.79 Å². The van der Waals surface area contributed by atoms with Gasteiger partial charge in [-0.05, 0) is 71.7 Å². The Labute approximate surface area is 213 Å². The molecule has 0 aliphatic heterocycles. The number of aldehydes is 1. The molecular weight excluding hydrogens is 442 g/mol. The Morgan fingerprint density at radius 1 is 1.09 bits per heavy atom. The highest BCUT2D eigenvalue weighted by atomic mass is 16.5. The zero-order valence-corrected chi connectivity index (χ0v) is 23.6. The molecule has 6 nitrogen and oxygen atoms in total. The first-order chi connectivity index (χ1) is 16.7. The van der Waals surface area contributed by atoms with Crippen LogP contribution in [-0.4, -0.2) is 36.8 Å². The van der Waals surface area contributed by atoms with E-state index in [1.54, 1.807) is 20.2 Å². The Balaban J connectivity index is 0. The van der Waals surface area contributed by atoms with Gasteiger partial charge in [0.25, 0.3) is 0 Å². The molecule has 0 unspecified atom stereocenters. The van der Waals surface area contributed by atoms with Gasteiger partial charge in [0.2, 0.25) is 0 Å². The van der Waals surface area contributed by atoms with Crippen molar-refractivity contribution in [3.63, 3.8) is 0 Å². The SMILES string of the molecule is CC.CC/C(C)=C\C(=C(/C)OC(C)C)c1cc(N(/C=C(\C)O)/C(=C\C=O)CC)ccc1OC.CO. The predicted molar refractivity (Wildman–Crippen MR) is 149 cm³/mol. The summed E-state index contributed by atoms with van der Waals surface area (Å²) < 4.78 is 11.7. The number of ether oxygens (including phenoxy) is 2. The van der Waals surface area contributed by atoms with E-state index in [0.717, 1.165) is 48.1 Å². The number of aliphatic hydroxyl groups excluding tert-OH is 2. The van der Waals surface area contributed by atoms with Crippen molar-refractivity contribution in [3.8, 4) is 5.75 Å². The molecule has 0 saturated carbocycles. The molecular formula is C29H47NO5. The summed E-state index contributed by atoms with van der Waals surface area (Å²) in [6.07, 6.45) is 7.58. The maximum absolute atomic E-state index is 11.2. The monoisotopic (exact) mass is 489 g/mol. The molecule has 6 heteroatoms. The minimum Gasteiger partial charge on any atom is -0.511 e. The smallest absolute Gasteiger partial charge is 0.144 e. The van der Waals surface area contributed by atoms with Crippen molar-refractivity contribution >= 4 is 17.5 Å². The summed E-state index contributed by atoms with van der Waals surface area (Å²) >= 11 is 0. The van der Waals surface area contributed by atoms with Gasteiger partial charge in [-0.25, -0.2) is 0 Å². The molecule has 0 saturated heterocycles. The van der Waals surface area contributed by atoms with Gasteiger partial charge in [-0.2, -0.15) is 0 Å². The third-order valence-corrected chi connectivity index (χ3v) is 4.74. The summed E-state index contributed by atoms with van der Waals surface area (Å²) in [6.45, 7) is 17.7. The maximum atomic E-state index is 11.2. The fraction of sp³-hybridized carbons (Fsp3) is 0.483. The fourth-order valence-electron chi connectivity index (χ4n) is 3.15. The van der Waals surface area contributed by atoms with Gasteiger partial charge in [-0.1, -0.05) is 39.3 Å². The van der Waals surface area contributed by atoms with E-state index in [2.05, 4.69) is 19.9 Å². The number of allylic oxidation sites excluding steroid dienone is 7. The van der Waals surface area contributed by atoms with E-state index in [0.29, 0.717) is 12.2 Å². The molecule has 2 N–H and O–H groups in total. The van der Waals surface area contributed by atoms with E-state index >= 15 is 0 Å². The maximum Gasteiger partial charge on any atom is 0.144 e. The molecule has 1 rings (SSSR count). The molecule has 0 aliphatic carbocycles. The highest BCUT2D eigenvalue weighted by molar-refractivity contribution is 5.82. The average Bonchev–Trinajstić information content (AvgIpc) is 2.85. The highest BCUT2D eigenvalue weighted by Crippen LogP contribution is 2.36. The number of anilines is 1. The number of nitrogens with zero attached hydrogens (tertiary/aromatic N) is 1. The molecule has 0 spiro atoms. The first kappa shape index (κ1) is 34.2. The average molecular weight is 490 g/mol. The van der Waals surface area contributed by atoms with Gasteiger partial charge in [-0.15, -0.1) is 0 Å². The largest absolute Gasteiger partial charge is 0.511 e. The molecule has 35 heavy (non-hydrogen) atoms. The topological polar surface area (TPSA) is 79.2 Å². The fourth-order valence-corrected chi connectivity index (χ4v) is 3.15. The van der Waals surface area contributed by atoms with Crippen LogP contribution >= 0.6 is 0 Å². The quantitative estimate of drug-likeness (QED) is 0.144. The number of carbonyl (C=O) groups excluding carboxylic acids is 1. The Hall–Kier alpha value is -2.99. The predicted octanol–water partition coefficient (Wildman–Crippen LogP) is 7.56. The van der Waals surface area contributed by atoms with Crippen LogP contribution in [-0.2, 0) is 9.53 Å². The van der Waals surface area contributed by atoms with Crippen molar-refractivity contribution < 1.29 is 24.5 Å². The van der Waals surface area contributed by atoms with Crippen molar-refractivity contribution in [2.75, 3.05) is 19.1 Å². The number of benzene rings is 1. The minimum atomic E-state index is 0.0400. The number of rotatable bonds is 11. The summed E-state index contributed by atoms with van der Waals surface area (Å²) in [6, 6.07) is 5.79.